The summed E-state index contributed by atoms with van der Waals surface area (Å²) in [5, 5.41) is 0. The maximum atomic E-state index is 5.72. The van der Waals surface area contributed by atoms with Crippen LogP contribution in [0.25, 0.3) is 0 Å². The van der Waals surface area contributed by atoms with Crippen molar-refractivity contribution < 1.29 is 0 Å². The van der Waals surface area contributed by atoms with Crippen LogP contribution in [0, 0.1) is 5.41 Å². The monoisotopic (exact) mass is 321 g/mol. The Kier molecular flexibility index (Phi) is 12.7. The van der Waals surface area contributed by atoms with Gasteiger partial charge < -0.3 is 5.73 Å². The van der Waals surface area contributed by atoms with E-state index in [1.807, 2.05) is 0 Å². The van der Waals surface area contributed by atoms with E-state index in [4.69, 9.17) is 5.73 Å². The second-order valence-electron chi connectivity index (χ2n) is 6.82. The molecule has 0 heterocycles. The van der Waals surface area contributed by atoms with Gasteiger partial charge in [0.1, 0.15) is 5.82 Å². The summed E-state index contributed by atoms with van der Waals surface area (Å²) < 4.78 is 0. The van der Waals surface area contributed by atoms with Crippen molar-refractivity contribution >= 4 is 12.4 Å². The molecular formula is C20H39N3. The molecule has 134 valence electrons. The highest BCUT2D eigenvalue weighted by atomic mass is 14.9. The molecule has 0 saturated heterocycles. The Morgan fingerprint density at radius 3 is 1.87 bits per heavy atom. The van der Waals surface area contributed by atoms with Gasteiger partial charge in [-0.25, -0.2) is 4.99 Å². The minimum atomic E-state index is 0.189. The van der Waals surface area contributed by atoms with E-state index in [2.05, 4.69) is 44.4 Å². The van der Waals surface area contributed by atoms with Crippen LogP contribution in [0.4, 0.5) is 0 Å². The Balaban J connectivity index is 4.98. The maximum absolute atomic E-state index is 5.72. The van der Waals surface area contributed by atoms with Crippen LogP contribution in [0.1, 0.15) is 98.3 Å². The molecule has 0 rings (SSSR count). The fourth-order valence-corrected chi connectivity index (χ4v) is 3.16. The van der Waals surface area contributed by atoms with Crippen LogP contribution < -0.4 is 5.73 Å². The Morgan fingerprint density at radius 2 is 1.48 bits per heavy atom. The molecule has 0 unspecified atom stereocenters. The molecule has 3 nitrogen and oxygen atoms in total. The first-order valence-electron chi connectivity index (χ1n) is 9.53. The van der Waals surface area contributed by atoms with Gasteiger partial charge in [0, 0.05) is 11.1 Å². The number of aliphatic imine (C=N–C) groups is 2. The fourth-order valence-electron chi connectivity index (χ4n) is 3.16. The third-order valence-electron chi connectivity index (χ3n) is 4.73. The molecule has 0 aliphatic heterocycles. The van der Waals surface area contributed by atoms with Crippen molar-refractivity contribution in [3.05, 3.63) is 12.0 Å². The Labute approximate surface area is 144 Å². The van der Waals surface area contributed by atoms with Gasteiger partial charge in [-0.05, 0) is 26.0 Å². The molecule has 0 aromatic carbocycles. The van der Waals surface area contributed by atoms with Gasteiger partial charge in [0.25, 0.3) is 0 Å². The summed E-state index contributed by atoms with van der Waals surface area (Å²) in [4.78, 5) is 8.41. The summed E-state index contributed by atoms with van der Waals surface area (Å²) >= 11 is 0. The lowest BCUT2D eigenvalue weighted by molar-refractivity contribution is 0.353. The van der Waals surface area contributed by atoms with E-state index in [0.29, 0.717) is 5.82 Å². The summed E-state index contributed by atoms with van der Waals surface area (Å²) in [6, 6.07) is 0. The quantitative estimate of drug-likeness (QED) is 0.298. The van der Waals surface area contributed by atoms with Crippen molar-refractivity contribution in [2.75, 3.05) is 0 Å². The molecule has 0 aromatic heterocycles. The number of hydrogen-bond donors (Lipinski definition) is 1. The molecule has 0 aliphatic carbocycles. The van der Waals surface area contributed by atoms with Crippen molar-refractivity contribution in [1.29, 1.82) is 0 Å². The molecular weight excluding hydrogens is 282 g/mol. The van der Waals surface area contributed by atoms with Crippen LogP contribution in [0.5, 0.6) is 0 Å². The molecule has 0 spiro atoms. The lowest BCUT2D eigenvalue weighted by Gasteiger charge is -2.31. The molecule has 3 heteroatoms. The predicted molar refractivity (Wildman–Crippen MR) is 105 cm³/mol. The average molecular weight is 322 g/mol. The highest BCUT2D eigenvalue weighted by Gasteiger charge is 2.28. The second-order valence-corrected chi connectivity index (χ2v) is 6.82. The molecule has 23 heavy (non-hydrogen) atoms. The molecule has 0 radical (unpaired) electrons. The van der Waals surface area contributed by atoms with Gasteiger partial charge in [0.15, 0.2) is 0 Å². The average Bonchev–Trinajstić information content (AvgIpc) is 2.56. The maximum Gasteiger partial charge on any atom is 0.141 e. The van der Waals surface area contributed by atoms with Crippen LogP contribution in [0.2, 0.25) is 0 Å². The summed E-state index contributed by atoms with van der Waals surface area (Å²) in [6.07, 6.45) is 15.5. The van der Waals surface area contributed by atoms with E-state index in [-0.39, 0.29) is 5.41 Å². The first-order chi connectivity index (χ1) is 11.0. The fraction of sp³-hybridized carbons (Fsp3) is 0.800. The van der Waals surface area contributed by atoms with Crippen molar-refractivity contribution in [3.8, 4) is 0 Å². The zero-order valence-electron chi connectivity index (χ0n) is 16.0. The van der Waals surface area contributed by atoms with Gasteiger partial charge in [-0.1, -0.05) is 79.1 Å². The van der Waals surface area contributed by atoms with Crippen LogP contribution in [-0.4, -0.2) is 12.4 Å². The van der Waals surface area contributed by atoms with Gasteiger partial charge >= 0.3 is 0 Å². The van der Waals surface area contributed by atoms with E-state index in [9.17, 15) is 0 Å². The number of hydrogen-bond acceptors (Lipinski definition) is 3. The van der Waals surface area contributed by atoms with E-state index >= 15 is 0 Å². The van der Waals surface area contributed by atoms with Gasteiger partial charge in [-0.3, -0.25) is 4.99 Å². The molecule has 0 aliphatic rings. The minimum Gasteiger partial charge on any atom is -0.382 e. The Morgan fingerprint density at radius 1 is 0.957 bits per heavy atom. The van der Waals surface area contributed by atoms with E-state index in [1.165, 1.54) is 69.9 Å². The number of nitrogens with two attached hydrogens (primary N) is 1. The molecule has 0 fully saturated rings. The molecule has 0 aromatic rings. The minimum absolute atomic E-state index is 0.189. The van der Waals surface area contributed by atoms with Crippen molar-refractivity contribution in [2.45, 2.75) is 98.3 Å². The van der Waals surface area contributed by atoms with Gasteiger partial charge in [-0.15, -0.1) is 0 Å². The SMILES string of the molecule is C=N/C(N)=C\N=C(CC)C(C)(CCCCCC)CCCCCC. The molecule has 0 atom stereocenters. The highest BCUT2D eigenvalue weighted by molar-refractivity contribution is 5.90. The van der Waals surface area contributed by atoms with Crippen LogP contribution in [0.3, 0.4) is 0 Å². The normalized spacial score (nSPS) is 13.4. The van der Waals surface area contributed by atoms with Crippen molar-refractivity contribution in [2.24, 2.45) is 21.1 Å². The van der Waals surface area contributed by atoms with Gasteiger partial charge in [0.05, 0.1) is 6.20 Å². The van der Waals surface area contributed by atoms with Gasteiger partial charge in [0.2, 0.25) is 0 Å². The highest BCUT2D eigenvalue weighted by Crippen LogP contribution is 2.34. The lowest BCUT2D eigenvalue weighted by atomic mass is 9.74. The second kappa shape index (κ2) is 13.3. The number of nitrogens with zero attached hydrogens (tertiary/aromatic N) is 2. The van der Waals surface area contributed by atoms with E-state index in [0.717, 1.165) is 6.42 Å². The molecule has 0 amide bonds. The zero-order valence-corrected chi connectivity index (χ0v) is 16.0. The summed E-state index contributed by atoms with van der Waals surface area (Å²) in [7, 11) is 0. The largest absolute Gasteiger partial charge is 0.382 e. The summed E-state index contributed by atoms with van der Waals surface area (Å²) in [6.45, 7) is 12.6. The number of rotatable bonds is 14. The van der Waals surface area contributed by atoms with Crippen LogP contribution >= 0.6 is 0 Å². The number of unbranched alkanes of at least 4 members (excludes halogenated alkanes) is 6. The first kappa shape index (κ1) is 21.9. The third kappa shape index (κ3) is 9.58. The van der Waals surface area contributed by atoms with Crippen molar-refractivity contribution in [1.82, 2.24) is 0 Å². The van der Waals surface area contributed by atoms with Crippen LogP contribution in [-0.2, 0) is 0 Å². The molecule has 0 bridgehead atoms. The Bertz CT molecular complexity index is 357. The first-order valence-corrected chi connectivity index (χ1v) is 9.53. The molecule has 0 saturated carbocycles. The molecule has 2 N–H and O–H groups in total. The van der Waals surface area contributed by atoms with Crippen LogP contribution in [0.15, 0.2) is 22.0 Å². The van der Waals surface area contributed by atoms with Gasteiger partial charge in [-0.2, -0.15) is 0 Å². The zero-order chi connectivity index (χ0) is 17.6. The summed E-state index contributed by atoms with van der Waals surface area (Å²) in [5.74, 6) is 0.398. The lowest BCUT2D eigenvalue weighted by Crippen LogP contribution is -2.27. The van der Waals surface area contributed by atoms with E-state index in [1.54, 1.807) is 6.20 Å². The standard InChI is InChI=1S/C20H39N3/c1-6-9-11-13-15-20(4,16-14-12-10-7-2)18(8-3)23-17-19(21)22-5/h17H,5-16,21H2,1-4H3/b19-17-,23-18?. The van der Waals surface area contributed by atoms with Crippen molar-refractivity contribution in [3.63, 3.8) is 0 Å². The van der Waals surface area contributed by atoms with E-state index < -0.39 is 0 Å². The predicted octanol–water partition coefficient (Wildman–Crippen LogP) is 6.24. The smallest absolute Gasteiger partial charge is 0.141 e. The summed E-state index contributed by atoms with van der Waals surface area (Å²) in [5.41, 5.74) is 7.17. The Hall–Kier alpha value is -1.12. The third-order valence-corrected chi connectivity index (χ3v) is 4.73. The topological polar surface area (TPSA) is 50.7 Å².